The second kappa shape index (κ2) is 6.01. The van der Waals surface area contributed by atoms with Gasteiger partial charge >= 0.3 is 0 Å². The molecule has 0 heterocycles. The molecule has 0 aliphatic heterocycles. The number of anilines is 1. The van der Waals surface area contributed by atoms with Gasteiger partial charge in [0.1, 0.15) is 0 Å². The van der Waals surface area contributed by atoms with Gasteiger partial charge in [0.2, 0.25) is 0 Å². The van der Waals surface area contributed by atoms with E-state index in [2.05, 4.69) is 85.9 Å². The number of aryl methyl sites for hydroxylation is 1. The van der Waals surface area contributed by atoms with E-state index in [-0.39, 0.29) is 0 Å². The van der Waals surface area contributed by atoms with Crippen LogP contribution in [0.5, 0.6) is 0 Å². The number of nitrogens with one attached hydrogen (secondary N) is 1. The zero-order valence-electron chi connectivity index (χ0n) is 12.6. The molecule has 0 bridgehead atoms. The van der Waals surface area contributed by atoms with Crippen LogP contribution in [0.15, 0.2) is 66.7 Å². The Labute approximate surface area is 126 Å². The SMILES string of the molecule is CCC(Nc1cccc2ccccc12)c1ccc(C)cc1. The molecule has 0 aliphatic rings. The molecule has 0 aromatic heterocycles. The average Bonchev–Trinajstić information content (AvgIpc) is 2.54. The predicted molar refractivity (Wildman–Crippen MR) is 91.8 cm³/mol. The van der Waals surface area contributed by atoms with Crippen LogP contribution in [0.25, 0.3) is 10.8 Å². The minimum absolute atomic E-state index is 0.344. The van der Waals surface area contributed by atoms with Gasteiger partial charge < -0.3 is 5.32 Å². The lowest BCUT2D eigenvalue weighted by Gasteiger charge is -2.20. The Kier molecular flexibility index (Phi) is 3.92. The molecular formula is C20H21N. The number of fused-ring (bicyclic) bond motifs is 1. The first-order valence-electron chi connectivity index (χ1n) is 7.59. The molecule has 21 heavy (non-hydrogen) atoms. The second-order valence-corrected chi connectivity index (χ2v) is 5.54. The standard InChI is InChI=1S/C20H21N/c1-3-19(17-13-11-15(2)12-14-17)21-20-10-6-8-16-7-4-5-9-18(16)20/h4-14,19,21H,3H2,1-2H3. The number of hydrogen-bond acceptors (Lipinski definition) is 1. The maximum Gasteiger partial charge on any atom is 0.0511 e. The van der Waals surface area contributed by atoms with E-state index in [1.54, 1.807) is 0 Å². The van der Waals surface area contributed by atoms with E-state index < -0.39 is 0 Å². The fraction of sp³-hybridized carbons (Fsp3) is 0.200. The first-order valence-corrected chi connectivity index (χ1v) is 7.59. The molecule has 3 rings (SSSR count). The maximum atomic E-state index is 3.71. The van der Waals surface area contributed by atoms with E-state index in [1.807, 2.05) is 0 Å². The Morgan fingerprint density at radius 1 is 0.857 bits per heavy atom. The maximum absolute atomic E-state index is 3.71. The van der Waals surface area contributed by atoms with E-state index in [0.29, 0.717) is 6.04 Å². The summed E-state index contributed by atoms with van der Waals surface area (Å²) in [6.45, 7) is 4.35. The average molecular weight is 275 g/mol. The first kappa shape index (κ1) is 13.7. The predicted octanol–water partition coefficient (Wildman–Crippen LogP) is 5.71. The van der Waals surface area contributed by atoms with Crippen molar-refractivity contribution >= 4 is 16.5 Å². The summed E-state index contributed by atoms with van der Waals surface area (Å²) in [7, 11) is 0. The van der Waals surface area contributed by atoms with Gasteiger partial charge in [-0.3, -0.25) is 0 Å². The van der Waals surface area contributed by atoms with Crippen LogP contribution < -0.4 is 5.32 Å². The van der Waals surface area contributed by atoms with E-state index in [0.717, 1.165) is 6.42 Å². The summed E-state index contributed by atoms with van der Waals surface area (Å²) in [6.07, 6.45) is 1.06. The molecule has 3 aromatic carbocycles. The molecule has 106 valence electrons. The minimum Gasteiger partial charge on any atom is -0.378 e. The quantitative estimate of drug-likeness (QED) is 0.643. The monoisotopic (exact) mass is 275 g/mol. The molecule has 0 radical (unpaired) electrons. The van der Waals surface area contributed by atoms with Gasteiger partial charge in [-0.15, -0.1) is 0 Å². The molecule has 1 heteroatoms. The van der Waals surface area contributed by atoms with Crippen LogP contribution in [0.2, 0.25) is 0 Å². The van der Waals surface area contributed by atoms with Crippen molar-refractivity contribution in [2.45, 2.75) is 26.3 Å². The van der Waals surface area contributed by atoms with Crippen LogP contribution in [0.1, 0.15) is 30.5 Å². The lowest BCUT2D eigenvalue weighted by Crippen LogP contribution is -2.09. The van der Waals surface area contributed by atoms with Crippen LogP contribution in [-0.2, 0) is 0 Å². The highest BCUT2D eigenvalue weighted by Gasteiger charge is 2.10. The molecular weight excluding hydrogens is 254 g/mol. The number of rotatable bonds is 4. The van der Waals surface area contributed by atoms with Crippen LogP contribution in [0, 0.1) is 6.92 Å². The van der Waals surface area contributed by atoms with Gasteiger partial charge in [-0.25, -0.2) is 0 Å². The van der Waals surface area contributed by atoms with E-state index >= 15 is 0 Å². The summed E-state index contributed by atoms with van der Waals surface area (Å²) in [5.74, 6) is 0. The highest BCUT2D eigenvalue weighted by atomic mass is 14.9. The molecule has 0 saturated heterocycles. The van der Waals surface area contributed by atoms with Crippen molar-refractivity contribution in [1.82, 2.24) is 0 Å². The first-order chi connectivity index (χ1) is 10.3. The molecule has 0 aliphatic carbocycles. The van der Waals surface area contributed by atoms with Crippen LogP contribution >= 0.6 is 0 Å². The van der Waals surface area contributed by atoms with E-state index in [1.165, 1.54) is 27.6 Å². The Bertz CT molecular complexity index is 723. The van der Waals surface area contributed by atoms with Crippen LogP contribution in [0.3, 0.4) is 0 Å². The van der Waals surface area contributed by atoms with Gasteiger partial charge in [-0.05, 0) is 30.4 Å². The van der Waals surface area contributed by atoms with Crippen molar-refractivity contribution in [3.63, 3.8) is 0 Å². The van der Waals surface area contributed by atoms with Gasteiger partial charge in [-0.2, -0.15) is 0 Å². The summed E-state index contributed by atoms with van der Waals surface area (Å²) in [5, 5.41) is 6.27. The largest absolute Gasteiger partial charge is 0.378 e. The minimum atomic E-state index is 0.344. The molecule has 0 amide bonds. The summed E-state index contributed by atoms with van der Waals surface area (Å²) in [6, 6.07) is 24.1. The number of benzene rings is 3. The Morgan fingerprint density at radius 2 is 1.57 bits per heavy atom. The Hall–Kier alpha value is -2.28. The van der Waals surface area contributed by atoms with Gasteiger partial charge in [0.15, 0.2) is 0 Å². The third kappa shape index (κ3) is 2.92. The highest BCUT2D eigenvalue weighted by molar-refractivity contribution is 5.93. The summed E-state index contributed by atoms with van der Waals surface area (Å²) < 4.78 is 0. The molecule has 1 unspecified atom stereocenters. The van der Waals surface area contributed by atoms with Gasteiger partial charge in [-0.1, -0.05) is 73.2 Å². The molecule has 0 spiro atoms. The molecule has 0 saturated carbocycles. The second-order valence-electron chi connectivity index (χ2n) is 5.54. The summed E-state index contributed by atoms with van der Waals surface area (Å²) in [4.78, 5) is 0. The number of hydrogen-bond donors (Lipinski definition) is 1. The zero-order chi connectivity index (χ0) is 14.7. The van der Waals surface area contributed by atoms with Crippen molar-refractivity contribution in [2.75, 3.05) is 5.32 Å². The molecule has 1 nitrogen and oxygen atoms in total. The zero-order valence-corrected chi connectivity index (χ0v) is 12.6. The van der Waals surface area contributed by atoms with Crippen molar-refractivity contribution in [3.8, 4) is 0 Å². The fourth-order valence-electron chi connectivity index (χ4n) is 2.76. The molecule has 1 atom stereocenters. The van der Waals surface area contributed by atoms with Gasteiger partial charge in [0.05, 0.1) is 6.04 Å². The van der Waals surface area contributed by atoms with Crippen molar-refractivity contribution in [3.05, 3.63) is 77.9 Å². The van der Waals surface area contributed by atoms with Crippen molar-refractivity contribution < 1.29 is 0 Å². The van der Waals surface area contributed by atoms with E-state index in [9.17, 15) is 0 Å². The topological polar surface area (TPSA) is 12.0 Å². The fourth-order valence-corrected chi connectivity index (χ4v) is 2.76. The normalized spacial score (nSPS) is 12.3. The van der Waals surface area contributed by atoms with Crippen molar-refractivity contribution in [2.24, 2.45) is 0 Å². The summed E-state index contributed by atoms with van der Waals surface area (Å²) >= 11 is 0. The third-order valence-corrected chi connectivity index (χ3v) is 4.01. The third-order valence-electron chi connectivity index (χ3n) is 4.01. The lowest BCUT2D eigenvalue weighted by molar-refractivity contribution is 0.750. The summed E-state index contributed by atoms with van der Waals surface area (Å²) in [5.41, 5.74) is 3.86. The van der Waals surface area contributed by atoms with Gasteiger partial charge in [0.25, 0.3) is 0 Å². The van der Waals surface area contributed by atoms with Crippen LogP contribution in [-0.4, -0.2) is 0 Å². The molecule has 3 aromatic rings. The highest BCUT2D eigenvalue weighted by Crippen LogP contribution is 2.28. The Morgan fingerprint density at radius 3 is 2.33 bits per heavy atom. The molecule has 1 N–H and O–H groups in total. The molecule has 0 fully saturated rings. The lowest BCUT2D eigenvalue weighted by atomic mass is 10.0. The smallest absolute Gasteiger partial charge is 0.0511 e. The Balaban J connectivity index is 1.94. The van der Waals surface area contributed by atoms with Crippen molar-refractivity contribution in [1.29, 1.82) is 0 Å². The van der Waals surface area contributed by atoms with Gasteiger partial charge in [0, 0.05) is 11.1 Å². The van der Waals surface area contributed by atoms with E-state index in [4.69, 9.17) is 0 Å². The van der Waals surface area contributed by atoms with Crippen LogP contribution in [0.4, 0.5) is 5.69 Å².